The highest BCUT2D eigenvalue weighted by Gasteiger charge is 2.12. The summed E-state index contributed by atoms with van der Waals surface area (Å²) >= 11 is 19.9. The van der Waals surface area contributed by atoms with E-state index in [1.54, 1.807) is 34.8 Å². The first-order valence-corrected chi connectivity index (χ1v) is 13.2. The molecule has 0 N–H and O–H groups in total. The second-order valence-corrected chi connectivity index (χ2v) is 9.91. The van der Waals surface area contributed by atoms with Gasteiger partial charge in [0.25, 0.3) is 0 Å². The van der Waals surface area contributed by atoms with E-state index in [1.165, 1.54) is 0 Å². The Morgan fingerprint density at radius 1 is 0.971 bits per heavy atom. The van der Waals surface area contributed by atoms with Crippen LogP contribution in [0.2, 0.25) is 15.1 Å². The van der Waals surface area contributed by atoms with Crippen molar-refractivity contribution in [2.24, 2.45) is 5.10 Å². The number of aromatic nitrogens is 3. The molecule has 180 valence electrons. The molecule has 5 nitrogen and oxygen atoms in total. The summed E-state index contributed by atoms with van der Waals surface area (Å²) < 4.78 is 7.86. The zero-order valence-electron chi connectivity index (χ0n) is 19.0. The van der Waals surface area contributed by atoms with Gasteiger partial charge in [-0.3, -0.25) is 0 Å². The lowest BCUT2D eigenvalue weighted by molar-refractivity contribution is 0.306. The third-order valence-electron chi connectivity index (χ3n) is 5.06. The van der Waals surface area contributed by atoms with Gasteiger partial charge in [0, 0.05) is 38.4 Å². The first kappa shape index (κ1) is 25.6. The van der Waals surface area contributed by atoms with E-state index in [1.807, 2.05) is 54.6 Å². The van der Waals surface area contributed by atoms with E-state index in [0.717, 1.165) is 51.3 Å². The molecule has 9 heteroatoms. The summed E-state index contributed by atoms with van der Waals surface area (Å²) in [6.07, 6.45) is 3.49. The van der Waals surface area contributed by atoms with Crippen LogP contribution in [0.25, 0.3) is 0 Å². The molecule has 0 atom stereocenters. The highest BCUT2D eigenvalue weighted by molar-refractivity contribution is 7.98. The molecule has 0 saturated heterocycles. The van der Waals surface area contributed by atoms with Crippen molar-refractivity contribution in [1.29, 1.82) is 0 Å². The van der Waals surface area contributed by atoms with E-state index in [2.05, 4.69) is 17.1 Å². The summed E-state index contributed by atoms with van der Waals surface area (Å²) in [5, 5.41) is 16.1. The molecule has 0 saturated carbocycles. The van der Waals surface area contributed by atoms with Crippen LogP contribution < -0.4 is 4.74 Å². The van der Waals surface area contributed by atoms with E-state index in [9.17, 15) is 0 Å². The predicted molar refractivity (Wildman–Crippen MR) is 145 cm³/mol. The van der Waals surface area contributed by atoms with Crippen molar-refractivity contribution in [3.8, 4) is 5.75 Å². The molecule has 0 fully saturated rings. The average Bonchev–Trinajstić information content (AvgIpc) is 3.24. The van der Waals surface area contributed by atoms with Gasteiger partial charge in [-0.1, -0.05) is 83.8 Å². The molecule has 1 heterocycles. The lowest BCUT2D eigenvalue weighted by Crippen LogP contribution is -2.02. The Labute approximate surface area is 224 Å². The van der Waals surface area contributed by atoms with Crippen molar-refractivity contribution in [3.63, 3.8) is 0 Å². The third kappa shape index (κ3) is 7.01. The van der Waals surface area contributed by atoms with Gasteiger partial charge < -0.3 is 4.74 Å². The largest absolute Gasteiger partial charge is 0.488 e. The first-order chi connectivity index (χ1) is 17.0. The third-order valence-corrected chi connectivity index (χ3v) is 6.89. The minimum Gasteiger partial charge on any atom is -0.488 e. The van der Waals surface area contributed by atoms with Crippen LogP contribution in [0.15, 0.2) is 77.0 Å². The molecule has 0 amide bonds. The topological polar surface area (TPSA) is 52.3 Å². The second-order valence-electron chi connectivity index (χ2n) is 7.68. The molecule has 0 aliphatic heterocycles. The van der Waals surface area contributed by atoms with Crippen LogP contribution in [0.5, 0.6) is 5.75 Å². The number of halogens is 3. The lowest BCUT2D eigenvalue weighted by Gasteiger charge is -2.10. The van der Waals surface area contributed by atoms with Gasteiger partial charge in [-0.05, 0) is 48.4 Å². The molecule has 0 radical (unpaired) electrons. The molecule has 0 aliphatic carbocycles. The molecule has 0 bridgehead atoms. The molecular weight excluding hydrogens is 523 g/mol. The molecule has 3 aromatic carbocycles. The van der Waals surface area contributed by atoms with Crippen LogP contribution in [-0.2, 0) is 18.8 Å². The molecule has 0 unspecified atom stereocenters. The monoisotopic (exact) mass is 544 g/mol. The van der Waals surface area contributed by atoms with Crippen molar-refractivity contribution < 1.29 is 4.74 Å². The smallest absolute Gasteiger partial charge is 0.212 e. The molecule has 1 aromatic heterocycles. The minimum absolute atomic E-state index is 0.316. The lowest BCUT2D eigenvalue weighted by atomic mass is 10.2. The summed E-state index contributed by atoms with van der Waals surface area (Å²) in [4.78, 5) is 0. The zero-order valence-corrected chi connectivity index (χ0v) is 22.1. The fourth-order valence-electron chi connectivity index (χ4n) is 3.24. The Balaban J connectivity index is 1.52. The number of nitrogens with zero attached hydrogens (tertiary/aromatic N) is 4. The first-order valence-electron chi connectivity index (χ1n) is 11.0. The quantitative estimate of drug-likeness (QED) is 0.150. The van der Waals surface area contributed by atoms with Crippen molar-refractivity contribution in [3.05, 3.63) is 104 Å². The maximum absolute atomic E-state index is 6.29. The van der Waals surface area contributed by atoms with E-state index in [-0.39, 0.29) is 0 Å². The van der Waals surface area contributed by atoms with Gasteiger partial charge in [0.15, 0.2) is 5.82 Å². The van der Waals surface area contributed by atoms with Crippen molar-refractivity contribution in [2.75, 3.05) is 0 Å². The van der Waals surface area contributed by atoms with Crippen LogP contribution in [0.3, 0.4) is 0 Å². The second kappa shape index (κ2) is 12.5. The number of para-hydroxylation sites is 1. The average molecular weight is 546 g/mol. The summed E-state index contributed by atoms with van der Waals surface area (Å²) in [6, 6.07) is 20.9. The van der Waals surface area contributed by atoms with Gasteiger partial charge in [-0.2, -0.15) is 9.78 Å². The van der Waals surface area contributed by atoms with Gasteiger partial charge in [-0.25, -0.2) is 0 Å². The highest BCUT2D eigenvalue weighted by Crippen LogP contribution is 2.25. The summed E-state index contributed by atoms with van der Waals surface area (Å²) in [5.74, 6) is 2.25. The maximum atomic E-state index is 6.29. The van der Waals surface area contributed by atoms with Crippen molar-refractivity contribution in [2.45, 2.75) is 37.3 Å². The Morgan fingerprint density at radius 2 is 1.74 bits per heavy atom. The fourth-order valence-corrected chi connectivity index (χ4v) is 4.69. The summed E-state index contributed by atoms with van der Waals surface area (Å²) in [5.41, 5.74) is 2.84. The van der Waals surface area contributed by atoms with Crippen LogP contribution in [0, 0.1) is 0 Å². The van der Waals surface area contributed by atoms with Gasteiger partial charge in [0.2, 0.25) is 5.16 Å². The number of thioether (sulfide) groups is 1. The van der Waals surface area contributed by atoms with Crippen LogP contribution in [-0.4, -0.2) is 21.1 Å². The van der Waals surface area contributed by atoms with E-state index >= 15 is 0 Å². The number of aryl methyl sites for hydroxylation is 1. The zero-order chi connectivity index (χ0) is 24.6. The number of benzene rings is 3. The van der Waals surface area contributed by atoms with Crippen LogP contribution in [0.1, 0.15) is 35.9 Å². The Kier molecular flexibility index (Phi) is 9.10. The van der Waals surface area contributed by atoms with Gasteiger partial charge >= 0.3 is 0 Å². The van der Waals surface area contributed by atoms with Crippen LogP contribution >= 0.6 is 46.6 Å². The Morgan fingerprint density at radius 3 is 2.51 bits per heavy atom. The van der Waals surface area contributed by atoms with E-state index in [0.29, 0.717) is 22.4 Å². The summed E-state index contributed by atoms with van der Waals surface area (Å²) in [7, 11) is 0. The molecule has 4 rings (SSSR count). The SMILES string of the molecule is CCCc1nnc(SCc2ccc(Cl)cc2)n1/N=C/c1ccccc1OCc1ccc(Cl)cc1Cl. The Hall–Kier alpha value is -2.51. The van der Waals surface area contributed by atoms with Crippen molar-refractivity contribution >= 4 is 52.8 Å². The molecule has 4 aromatic rings. The minimum atomic E-state index is 0.316. The summed E-state index contributed by atoms with van der Waals surface area (Å²) in [6.45, 7) is 2.42. The van der Waals surface area contributed by atoms with E-state index < -0.39 is 0 Å². The van der Waals surface area contributed by atoms with E-state index in [4.69, 9.17) is 44.6 Å². The van der Waals surface area contributed by atoms with Gasteiger partial charge in [-0.15, -0.1) is 10.2 Å². The number of ether oxygens (including phenoxy) is 1. The highest BCUT2D eigenvalue weighted by atomic mass is 35.5. The molecule has 35 heavy (non-hydrogen) atoms. The molecular formula is C26H23Cl3N4OS. The van der Waals surface area contributed by atoms with Crippen molar-refractivity contribution in [1.82, 2.24) is 14.9 Å². The molecule has 0 spiro atoms. The predicted octanol–water partition coefficient (Wildman–Crippen LogP) is 7.94. The number of rotatable bonds is 10. The van der Waals surface area contributed by atoms with Gasteiger partial charge in [0.05, 0.1) is 6.21 Å². The van der Waals surface area contributed by atoms with Gasteiger partial charge in [0.1, 0.15) is 12.4 Å². The number of hydrogen-bond donors (Lipinski definition) is 0. The normalized spacial score (nSPS) is 11.3. The fraction of sp³-hybridized carbons (Fsp3) is 0.192. The van der Waals surface area contributed by atoms with Crippen LogP contribution in [0.4, 0.5) is 0 Å². The maximum Gasteiger partial charge on any atom is 0.212 e. The standard InChI is InChI=1S/C26H23Cl3N4OS/c1-2-5-25-31-32-26(35-17-18-8-11-21(27)12-9-18)33(25)30-15-19-6-3-4-7-24(19)34-16-20-10-13-22(28)14-23(20)29/h3-4,6-15H,2,5,16-17H2,1H3/b30-15+. The Bertz CT molecular complexity index is 1310. The number of hydrogen-bond acceptors (Lipinski definition) is 5. The molecule has 0 aliphatic rings.